The minimum atomic E-state index is 0.539. The Morgan fingerprint density at radius 1 is 1.47 bits per heavy atom. The van der Waals surface area contributed by atoms with Gasteiger partial charge in [0.15, 0.2) is 0 Å². The summed E-state index contributed by atoms with van der Waals surface area (Å²) in [6.07, 6.45) is 6.55. The third-order valence-electron chi connectivity index (χ3n) is 3.48. The molecule has 1 saturated carbocycles. The highest BCUT2D eigenvalue weighted by Gasteiger charge is 2.28. The standard InChI is InChI=1S/C13H27NO/c1-11(7-9-15-4)14-12-6-5-8-13(2,3)10-12/h11-12,14H,5-10H2,1-4H3. The van der Waals surface area contributed by atoms with E-state index in [1.807, 2.05) is 0 Å². The van der Waals surface area contributed by atoms with Crippen LogP contribution in [0.1, 0.15) is 52.9 Å². The van der Waals surface area contributed by atoms with Gasteiger partial charge in [0.1, 0.15) is 0 Å². The van der Waals surface area contributed by atoms with Crippen molar-refractivity contribution in [2.45, 2.75) is 65.0 Å². The highest BCUT2D eigenvalue weighted by Crippen LogP contribution is 2.35. The summed E-state index contributed by atoms with van der Waals surface area (Å²) in [6.45, 7) is 7.91. The first-order chi connectivity index (χ1) is 7.03. The Kier molecular flexibility index (Phi) is 5.07. The van der Waals surface area contributed by atoms with Crippen molar-refractivity contribution < 1.29 is 4.74 Å². The van der Waals surface area contributed by atoms with Gasteiger partial charge in [0, 0.05) is 25.8 Å². The van der Waals surface area contributed by atoms with Crippen LogP contribution in [-0.4, -0.2) is 25.8 Å². The lowest BCUT2D eigenvalue weighted by molar-refractivity contribution is 0.163. The van der Waals surface area contributed by atoms with E-state index in [0.717, 1.165) is 19.1 Å². The molecule has 1 fully saturated rings. The lowest BCUT2D eigenvalue weighted by atomic mass is 9.75. The largest absolute Gasteiger partial charge is 0.385 e. The van der Waals surface area contributed by atoms with E-state index in [-0.39, 0.29) is 0 Å². The van der Waals surface area contributed by atoms with Crippen molar-refractivity contribution in [3.63, 3.8) is 0 Å². The molecule has 0 aliphatic heterocycles. The predicted octanol–water partition coefficient (Wildman–Crippen LogP) is 2.97. The second-order valence-corrected chi connectivity index (χ2v) is 5.81. The van der Waals surface area contributed by atoms with Crippen LogP contribution in [0.15, 0.2) is 0 Å². The first-order valence-electron chi connectivity index (χ1n) is 6.28. The number of rotatable bonds is 5. The van der Waals surface area contributed by atoms with Crippen LogP contribution in [0.5, 0.6) is 0 Å². The van der Waals surface area contributed by atoms with Crippen molar-refractivity contribution in [1.29, 1.82) is 0 Å². The molecule has 90 valence electrons. The predicted molar refractivity (Wildman–Crippen MR) is 65.1 cm³/mol. The van der Waals surface area contributed by atoms with Crippen LogP contribution in [0, 0.1) is 5.41 Å². The molecule has 2 nitrogen and oxygen atoms in total. The van der Waals surface area contributed by atoms with Crippen molar-refractivity contribution >= 4 is 0 Å². The van der Waals surface area contributed by atoms with Crippen molar-refractivity contribution in [2.24, 2.45) is 5.41 Å². The zero-order valence-corrected chi connectivity index (χ0v) is 10.8. The molecule has 0 spiro atoms. The smallest absolute Gasteiger partial charge is 0.0476 e. The molecule has 0 bridgehead atoms. The van der Waals surface area contributed by atoms with Gasteiger partial charge in [0.25, 0.3) is 0 Å². The fourth-order valence-electron chi connectivity index (χ4n) is 2.62. The van der Waals surface area contributed by atoms with Crippen LogP contribution < -0.4 is 5.32 Å². The van der Waals surface area contributed by atoms with Crippen molar-refractivity contribution in [1.82, 2.24) is 5.32 Å². The van der Waals surface area contributed by atoms with E-state index in [9.17, 15) is 0 Å². The molecule has 0 amide bonds. The summed E-state index contributed by atoms with van der Waals surface area (Å²) >= 11 is 0. The summed E-state index contributed by atoms with van der Waals surface area (Å²) in [5.74, 6) is 0. The number of hydrogen-bond donors (Lipinski definition) is 1. The molecule has 0 saturated heterocycles. The molecule has 2 unspecified atom stereocenters. The van der Waals surface area contributed by atoms with Crippen LogP contribution in [0.4, 0.5) is 0 Å². The lowest BCUT2D eigenvalue weighted by Gasteiger charge is -2.37. The zero-order chi connectivity index (χ0) is 11.3. The Hall–Kier alpha value is -0.0800. The molecule has 2 atom stereocenters. The Balaban J connectivity index is 2.25. The van der Waals surface area contributed by atoms with Gasteiger partial charge in [-0.1, -0.05) is 20.3 Å². The van der Waals surface area contributed by atoms with Gasteiger partial charge in [-0.2, -0.15) is 0 Å². The van der Waals surface area contributed by atoms with Gasteiger partial charge in [0.05, 0.1) is 0 Å². The molecular weight excluding hydrogens is 186 g/mol. The van der Waals surface area contributed by atoms with Crippen molar-refractivity contribution in [3.05, 3.63) is 0 Å². The van der Waals surface area contributed by atoms with Crippen LogP contribution in [-0.2, 0) is 4.74 Å². The molecule has 0 aromatic carbocycles. The van der Waals surface area contributed by atoms with Crippen molar-refractivity contribution in [2.75, 3.05) is 13.7 Å². The normalized spacial score (nSPS) is 27.6. The van der Waals surface area contributed by atoms with E-state index >= 15 is 0 Å². The molecule has 1 aliphatic rings. The minimum Gasteiger partial charge on any atom is -0.385 e. The average Bonchev–Trinajstić information content (AvgIpc) is 2.13. The van der Waals surface area contributed by atoms with Gasteiger partial charge < -0.3 is 10.1 Å². The van der Waals surface area contributed by atoms with Gasteiger partial charge in [-0.3, -0.25) is 0 Å². The van der Waals surface area contributed by atoms with Gasteiger partial charge in [-0.25, -0.2) is 0 Å². The molecule has 1 aliphatic carbocycles. The maximum atomic E-state index is 5.10. The van der Waals surface area contributed by atoms with Crippen LogP contribution in [0.25, 0.3) is 0 Å². The summed E-state index contributed by atoms with van der Waals surface area (Å²) in [6, 6.07) is 1.31. The maximum Gasteiger partial charge on any atom is 0.0476 e. The Labute approximate surface area is 94.8 Å². The molecule has 1 N–H and O–H groups in total. The molecule has 0 aromatic heterocycles. The van der Waals surface area contributed by atoms with E-state index in [4.69, 9.17) is 4.74 Å². The summed E-state index contributed by atoms with van der Waals surface area (Å²) < 4.78 is 5.10. The average molecular weight is 213 g/mol. The number of methoxy groups -OCH3 is 1. The molecule has 0 heterocycles. The molecule has 1 rings (SSSR count). The molecular formula is C13H27NO. The summed E-state index contributed by atoms with van der Waals surface area (Å²) in [5, 5.41) is 3.73. The highest BCUT2D eigenvalue weighted by molar-refractivity contribution is 4.84. The maximum absolute atomic E-state index is 5.10. The second-order valence-electron chi connectivity index (χ2n) is 5.81. The molecule has 2 heteroatoms. The molecule has 0 radical (unpaired) electrons. The van der Waals surface area contributed by atoms with Gasteiger partial charge >= 0.3 is 0 Å². The third-order valence-corrected chi connectivity index (χ3v) is 3.48. The van der Waals surface area contributed by atoms with E-state index < -0.39 is 0 Å². The molecule has 15 heavy (non-hydrogen) atoms. The monoisotopic (exact) mass is 213 g/mol. The quantitative estimate of drug-likeness (QED) is 0.758. The van der Waals surface area contributed by atoms with Gasteiger partial charge in [0.2, 0.25) is 0 Å². The van der Waals surface area contributed by atoms with Crippen LogP contribution in [0.3, 0.4) is 0 Å². The summed E-state index contributed by atoms with van der Waals surface area (Å²) in [5.41, 5.74) is 0.539. The lowest BCUT2D eigenvalue weighted by Crippen LogP contribution is -2.42. The Morgan fingerprint density at radius 2 is 2.20 bits per heavy atom. The van der Waals surface area contributed by atoms with E-state index in [1.54, 1.807) is 7.11 Å². The summed E-state index contributed by atoms with van der Waals surface area (Å²) in [7, 11) is 1.77. The number of hydrogen-bond acceptors (Lipinski definition) is 2. The van der Waals surface area contributed by atoms with E-state index in [0.29, 0.717) is 11.5 Å². The third kappa shape index (κ3) is 4.98. The second kappa shape index (κ2) is 5.86. The fourth-order valence-corrected chi connectivity index (χ4v) is 2.62. The number of nitrogens with one attached hydrogen (secondary N) is 1. The van der Waals surface area contributed by atoms with Gasteiger partial charge in [-0.05, 0) is 38.0 Å². The topological polar surface area (TPSA) is 21.3 Å². The highest BCUT2D eigenvalue weighted by atomic mass is 16.5. The van der Waals surface area contributed by atoms with Gasteiger partial charge in [-0.15, -0.1) is 0 Å². The fraction of sp³-hybridized carbons (Fsp3) is 1.00. The van der Waals surface area contributed by atoms with E-state index in [1.165, 1.54) is 25.7 Å². The summed E-state index contributed by atoms with van der Waals surface area (Å²) in [4.78, 5) is 0. The SMILES string of the molecule is COCCC(C)NC1CCCC(C)(C)C1. The minimum absolute atomic E-state index is 0.539. The molecule has 0 aromatic rings. The van der Waals surface area contributed by atoms with Crippen LogP contribution in [0.2, 0.25) is 0 Å². The first kappa shape index (κ1) is 13.0. The first-order valence-corrected chi connectivity index (χ1v) is 6.28. The Morgan fingerprint density at radius 3 is 2.80 bits per heavy atom. The number of ether oxygens (including phenoxy) is 1. The zero-order valence-electron chi connectivity index (χ0n) is 10.8. The van der Waals surface area contributed by atoms with Crippen molar-refractivity contribution in [3.8, 4) is 0 Å². The van der Waals surface area contributed by atoms with Crippen LogP contribution >= 0.6 is 0 Å². The van der Waals surface area contributed by atoms with E-state index in [2.05, 4.69) is 26.1 Å². The Bertz CT molecular complexity index is 179.